The van der Waals surface area contributed by atoms with Crippen LogP contribution in [0.5, 0.6) is 5.88 Å². The second kappa shape index (κ2) is 7.80. The second-order valence-electron chi connectivity index (χ2n) is 7.32. The van der Waals surface area contributed by atoms with Gasteiger partial charge >= 0.3 is 0 Å². The molecule has 1 N–H and O–H groups in total. The van der Waals surface area contributed by atoms with Crippen LogP contribution in [0.4, 0.5) is 5.69 Å². The molecule has 1 saturated carbocycles. The molecular weight excluding hydrogens is 350 g/mol. The smallest absolute Gasteiger partial charge is 0.228 e. The fraction of sp³-hybridized carbons (Fsp3) is 0.261. The summed E-state index contributed by atoms with van der Waals surface area (Å²) in [5.74, 6) is 0.917. The minimum atomic E-state index is 0.00674. The molecule has 1 aliphatic rings. The minimum absolute atomic E-state index is 0.00674. The maximum atomic E-state index is 12.5. The SMILES string of the molecule is CC(C)Oc1ccc(-c2ccc(NC(=O)C3CC3c3ccccn3)cc2)cn1. The highest BCUT2D eigenvalue weighted by Crippen LogP contribution is 2.47. The molecule has 2 unspecified atom stereocenters. The first-order valence-corrected chi connectivity index (χ1v) is 9.55. The van der Waals surface area contributed by atoms with Crippen molar-refractivity contribution in [3.8, 4) is 17.0 Å². The molecule has 0 bridgehead atoms. The highest BCUT2D eigenvalue weighted by molar-refractivity contribution is 5.95. The van der Waals surface area contributed by atoms with Gasteiger partial charge in [-0.15, -0.1) is 0 Å². The zero-order valence-electron chi connectivity index (χ0n) is 16.0. The zero-order chi connectivity index (χ0) is 19.5. The molecule has 4 rings (SSSR count). The summed E-state index contributed by atoms with van der Waals surface area (Å²) in [7, 11) is 0. The van der Waals surface area contributed by atoms with Crippen molar-refractivity contribution in [2.75, 3.05) is 5.32 Å². The second-order valence-corrected chi connectivity index (χ2v) is 7.32. The number of nitrogens with zero attached hydrogens (tertiary/aromatic N) is 2. The normalized spacial score (nSPS) is 18.0. The largest absolute Gasteiger partial charge is 0.475 e. The lowest BCUT2D eigenvalue weighted by molar-refractivity contribution is -0.117. The number of anilines is 1. The highest BCUT2D eigenvalue weighted by atomic mass is 16.5. The summed E-state index contributed by atoms with van der Waals surface area (Å²) in [5, 5.41) is 3.01. The fourth-order valence-corrected chi connectivity index (χ4v) is 3.25. The van der Waals surface area contributed by atoms with E-state index in [2.05, 4.69) is 15.3 Å². The van der Waals surface area contributed by atoms with Crippen molar-refractivity contribution in [2.24, 2.45) is 5.92 Å². The third-order valence-electron chi connectivity index (χ3n) is 4.77. The van der Waals surface area contributed by atoms with Crippen molar-refractivity contribution in [3.05, 3.63) is 72.7 Å². The van der Waals surface area contributed by atoms with Crippen LogP contribution in [-0.4, -0.2) is 22.0 Å². The Morgan fingerprint density at radius 1 is 1.04 bits per heavy atom. The summed E-state index contributed by atoms with van der Waals surface area (Å²) in [4.78, 5) is 21.2. The number of hydrogen-bond acceptors (Lipinski definition) is 4. The highest BCUT2D eigenvalue weighted by Gasteiger charge is 2.44. The Balaban J connectivity index is 1.37. The molecule has 2 atom stereocenters. The van der Waals surface area contributed by atoms with Crippen LogP contribution >= 0.6 is 0 Å². The van der Waals surface area contributed by atoms with Crippen LogP contribution in [0.1, 0.15) is 31.9 Å². The molecule has 2 heterocycles. The monoisotopic (exact) mass is 373 g/mol. The summed E-state index contributed by atoms with van der Waals surface area (Å²) < 4.78 is 5.57. The van der Waals surface area contributed by atoms with Gasteiger partial charge < -0.3 is 10.1 Å². The molecule has 1 amide bonds. The van der Waals surface area contributed by atoms with Crippen molar-refractivity contribution < 1.29 is 9.53 Å². The Morgan fingerprint density at radius 3 is 2.46 bits per heavy atom. The van der Waals surface area contributed by atoms with E-state index in [1.807, 2.05) is 68.4 Å². The number of nitrogens with one attached hydrogen (secondary N) is 1. The Bertz CT molecular complexity index is 938. The van der Waals surface area contributed by atoms with E-state index >= 15 is 0 Å². The summed E-state index contributed by atoms with van der Waals surface area (Å²) >= 11 is 0. The van der Waals surface area contributed by atoms with Gasteiger partial charge in [0.15, 0.2) is 0 Å². The molecule has 28 heavy (non-hydrogen) atoms. The fourth-order valence-electron chi connectivity index (χ4n) is 3.25. The van der Waals surface area contributed by atoms with Gasteiger partial charge in [-0.1, -0.05) is 18.2 Å². The third kappa shape index (κ3) is 4.19. The third-order valence-corrected chi connectivity index (χ3v) is 4.77. The lowest BCUT2D eigenvalue weighted by atomic mass is 10.1. The minimum Gasteiger partial charge on any atom is -0.475 e. The van der Waals surface area contributed by atoms with Gasteiger partial charge in [-0.2, -0.15) is 0 Å². The predicted molar refractivity (Wildman–Crippen MR) is 109 cm³/mol. The first-order chi connectivity index (χ1) is 13.6. The van der Waals surface area contributed by atoms with Crippen molar-refractivity contribution >= 4 is 11.6 Å². The lowest BCUT2D eigenvalue weighted by Gasteiger charge is -2.09. The zero-order valence-corrected chi connectivity index (χ0v) is 16.0. The Kier molecular flexibility index (Phi) is 5.06. The van der Waals surface area contributed by atoms with Gasteiger partial charge in [0, 0.05) is 47.2 Å². The molecule has 1 aliphatic carbocycles. The maximum absolute atomic E-state index is 12.5. The van der Waals surface area contributed by atoms with Crippen LogP contribution in [0, 0.1) is 5.92 Å². The molecule has 0 saturated heterocycles. The van der Waals surface area contributed by atoms with Gasteiger partial charge in [0.25, 0.3) is 0 Å². The van der Waals surface area contributed by atoms with E-state index < -0.39 is 0 Å². The first kappa shape index (κ1) is 18.2. The van der Waals surface area contributed by atoms with Crippen LogP contribution in [-0.2, 0) is 4.79 Å². The Hall–Kier alpha value is -3.21. The summed E-state index contributed by atoms with van der Waals surface area (Å²) in [5.41, 5.74) is 3.84. The molecule has 1 fully saturated rings. The molecule has 5 heteroatoms. The molecule has 3 aromatic rings. The molecule has 1 aromatic carbocycles. The van der Waals surface area contributed by atoms with E-state index in [4.69, 9.17) is 4.74 Å². The van der Waals surface area contributed by atoms with E-state index in [-0.39, 0.29) is 23.8 Å². The molecular formula is C23H23N3O2. The van der Waals surface area contributed by atoms with Crippen molar-refractivity contribution in [2.45, 2.75) is 32.3 Å². The topological polar surface area (TPSA) is 64.1 Å². The molecule has 142 valence electrons. The van der Waals surface area contributed by atoms with Crippen LogP contribution < -0.4 is 10.1 Å². The van der Waals surface area contributed by atoms with E-state index in [9.17, 15) is 4.79 Å². The number of carbonyl (C=O) groups excluding carboxylic acids is 1. The molecule has 2 aromatic heterocycles. The number of pyridine rings is 2. The predicted octanol–water partition coefficient (Wildman–Crippen LogP) is 4.67. The number of carbonyl (C=O) groups is 1. The number of rotatable bonds is 6. The van der Waals surface area contributed by atoms with Gasteiger partial charge in [-0.25, -0.2) is 4.98 Å². The van der Waals surface area contributed by atoms with Crippen molar-refractivity contribution in [1.82, 2.24) is 9.97 Å². The summed E-state index contributed by atoms with van der Waals surface area (Å²) in [6.07, 6.45) is 4.53. The maximum Gasteiger partial charge on any atom is 0.228 e. The number of hydrogen-bond donors (Lipinski definition) is 1. The Labute approximate surface area is 164 Å². The molecule has 0 aliphatic heterocycles. The number of benzene rings is 1. The number of amides is 1. The molecule has 0 spiro atoms. The van der Waals surface area contributed by atoms with E-state index in [1.165, 1.54) is 0 Å². The molecule has 5 nitrogen and oxygen atoms in total. The van der Waals surface area contributed by atoms with Gasteiger partial charge in [0.2, 0.25) is 11.8 Å². The summed E-state index contributed by atoms with van der Waals surface area (Å²) in [6, 6.07) is 17.5. The number of ether oxygens (including phenoxy) is 1. The lowest BCUT2D eigenvalue weighted by Crippen LogP contribution is -2.14. The average Bonchev–Trinajstić information content (AvgIpc) is 3.51. The van der Waals surface area contributed by atoms with Crippen molar-refractivity contribution in [1.29, 1.82) is 0 Å². The van der Waals surface area contributed by atoms with Crippen LogP contribution in [0.3, 0.4) is 0 Å². The first-order valence-electron chi connectivity index (χ1n) is 9.55. The van der Waals surface area contributed by atoms with Crippen molar-refractivity contribution in [3.63, 3.8) is 0 Å². The summed E-state index contributed by atoms with van der Waals surface area (Å²) in [6.45, 7) is 3.95. The average molecular weight is 373 g/mol. The molecule has 0 radical (unpaired) electrons. The van der Waals surface area contributed by atoms with Crippen LogP contribution in [0.25, 0.3) is 11.1 Å². The van der Waals surface area contributed by atoms with Gasteiger partial charge in [0.1, 0.15) is 0 Å². The van der Waals surface area contributed by atoms with E-state index in [1.54, 1.807) is 12.4 Å². The van der Waals surface area contributed by atoms with E-state index in [0.29, 0.717) is 5.88 Å². The number of aromatic nitrogens is 2. The Morgan fingerprint density at radius 2 is 1.82 bits per heavy atom. The quantitative estimate of drug-likeness (QED) is 0.682. The van der Waals surface area contributed by atoms with E-state index in [0.717, 1.165) is 28.9 Å². The van der Waals surface area contributed by atoms with Gasteiger partial charge in [-0.05, 0) is 56.2 Å². The van der Waals surface area contributed by atoms with Crippen LogP contribution in [0.2, 0.25) is 0 Å². The van der Waals surface area contributed by atoms with Gasteiger partial charge in [0.05, 0.1) is 6.10 Å². The standard InChI is InChI=1S/C23H23N3O2/c1-15(2)28-22-11-8-17(14-25-22)16-6-9-18(10-7-16)26-23(27)20-13-19(20)21-5-3-4-12-24-21/h3-12,14-15,19-20H,13H2,1-2H3,(H,26,27). The van der Waals surface area contributed by atoms with Gasteiger partial charge in [-0.3, -0.25) is 9.78 Å². The van der Waals surface area contributed by atoms with Crippen LogP contribution in [0.15, 0.2) is 67.0 Å².